The number of hydrogen-bond acceptors (Lipinski definition) is 2. The Morgan fingerprint density at radius 3 is 2.37 bits per heavy atom. The molecule has 3 aromatic rings. The quantitative estimate of drug-likeness (QED) is 0.501. The number of rotatable bonds is 6. The third kappa shape index (κ3) is 3.79. The number of amides is 1. The maximum atomic E-state index is 13.5. The Kier molecular flexibility index (Phi) is 5.76. The number of hydrogen-bond donors (Lipinski definition) is 1. The van der Waals surface area contributed by atoms with Gasteiger partial charge in [0.1, 0.15) is 11.6 Å². The number of ether oxygens (including phenoxy) is 1. The average Bonchev–Trinajstić information content (AvgIpc) is 3.27. The van der Waals surface area contributed by atoms with E-state index >= 15 is 0 Å². The first-order valence-corrected chi connectivity index (χ1v) is 10.8. The molecule has 1 saturated carbocycles. The highest BCUT2D eigenvalue weighted by atomic mass is 19.1. The maximum Gasteiger partial charge on any atom is 0.235 e. The lowest BCUT2D eigenvalue weighted by Crippen LogP contribution is -2.38. The first-order chi connectivity index (χ1) is 14.5. The van der Waals surface area contributed by atoms with E-state index in [4.69, 9.17) is 4.74 Å². The van der Waals surface area contributed by atoms with Crippen molar-refractivity contribution in [1.82, 2.24) is 0 Å². The minimum Gasteiger partial charge on any atom is -0.490 e. The van der Waals surface area contributed by atoms with Gasteiger partial charge in [0.15, 0.2) is 0 Å². The van der Waals surface area contributed by atoms with Crippen molar-refractivity contribution in [2.24, 2.45) is 0 Å². The minimum atomic E-state index is -0.610. The molecular weight excluding hydrogens is 377 g/mol. The molecule has 0 saturated heterocycles. The van der Waals surface area contributed by atoms with E-state index in [0.717, 1.165) is 59.9 Å². The van der Waals surface area contributed by atoms with Crippen LogP contribution in [0.5, 0.6) is 5.75 Å². The Hall–Kier alpha value is -2.88. The molecule has 3 nitrogen and oxygen atoms in total. The highest BCUT2D eigenvalue weighted by Crippen LogP contribution is 2.43. The van der Waals surface area contributed by atoms with Crippen LogP contribution in [0.4, 0.5) is 10.1 Å². The Morgan fingerprint density at radius 2 is 1.70 bits per heavy atom. The van der Waals surface area contributed by atoms with Crippen molar-refractivity contribution in [2.45, 2.75) is 57.5 Å². The molecule has 1 aliphatic carbocycles. The molecule has 1 fully saturated rings. The second-order valence-corrected chi connectivity index (χ2v) is 8.24. The predicted molar refractivity (Wildman–Crippen MR) is 120 cm³/mol. The smallest absolute Gasteiger partial charge is 0.235 e. The summed E-state index contributed by atoms with van der Waals surface area (Å²) < 4.78 is 19.6. The summed E-state index contributed by atoms with van der Waals surface area (Å²) in [6, 6.07) is 18.2. The van der Waals surface area contributed by atoms with Crippen LogP contribution in [0.15, 0.2) is 60.7 Å². The third-order valence-corrected chi connectivity index (χ3v) is 6.32. The fourth-order valence-corrected chi connectivity index (χ4v) is 4.42. The van der Waals surface area contributed by atoms with E-state index in [1.54, 1.807) is 12.1 Å². The topological polar surface area (TPSA) is 38.3 Å². The number of carbonyl (C=O) groups excluding carboxylic acids is 1. The SMILES string of the molecule is CCC(C)Oc1ccc(NC(=O)C2(c3ccc(F)cc3)CCCC2)c2ccccc12. The molecule has 3 aromatic carbocycles. The standard InChI is InChI=1S/C26H28FNO2/c1-3-18(2)30-24-15-14-23(21-8-4-5-9-22(21)24)28-25(29)26(16-6-7-17-26)19-10-12-20(27)13-11-19/h4-5,8-15,18H,3,6-7,16-17H2,1-2H3,(H,28,29). The van der Waals surface area contributed by atoms with Crippen LogP contribution in [0.25, 0.3) is 10.8 Å². The van der Waals surface area contributed by atoms with Gasteiger partial charge in [-0.25, -0.2) is 4.39 Å². The number of fused-ring (bicyclic) bond motifs is 1. The minimum absolute atomic E-state index is 0.0210. The summed E-state index contributed by atoms with van der Waals surface area (Å²) >= 11 is 0. The fraction of sp³-hybridized carbons (Fsp3) is 0.346. The van der Waals surface area contributed by atoms with Crippen molar-refractivity contribution in [3.63, 3.8) is 0 Å². The molecule has 4 heteroatoms. The summed E-state index contributed by atoms with van der Waals surface area (Å²) in [6.45, 7) is 4.15. The molecule has 0 aliphatic heterocycles. The average molecular weight is 406 g/mol. The van der Waals surface area contributed by atoms with Gasteiger partial charge < -0.3 is 10.1 Å². The van der Waals surface area contributed by atoms with Gasteiger partial charge in [0.2, 0.25) is 5.91 Å². The van der Waals surface area contributed by atoms with E-state index < -0.39 is 5.41 Å². The van der Waals surface area contributed by atoms with Gasteiger partial charge in [-0.1, -0.05) is 56.2 Å². The zero-order valence-electron chi connectivity index (χ0n) is 17.6. The van der Waals surface area contributed by atoms with Gasteiger partial charge in [-0.15, -0.1) is 0 Å². The van der Waals surface area contributed by atoms with Gasteiger partial charge in [-0.3, -0.25) is 4.79 Å². The van der Waals surface area contributed by atoms with Crippen molar-refractivity contribution in [3.05, 3.63) is 72.0 Å². The van der Waals surface area contributed by atoms with Crippen LogP contribution < -0.4 is 10.1 Å². The number of carbonyl (C=O) groups is 1. The van der Waals surface area contributed by atoms with Gasteiger partial charge in [-0.05, 0) is 56.0 Å². The second-order valence-electron chi connectivity index (χ2n) is 8.24. The van der Waals surface area contributed by atoms with Crippen molar-refractivity contribution in [1.29, 1.82) is 0 Å². The normalized spacial score (nSPS) is 16.4. The van der Waals surface area contributed by atoms with E-state index in [2.05, 4.69) is 19.2 Å². The molecule has 0 bridgehead atoms. The van der Waals surface area contributed by atoms with Gasteiger partial charge in [0.25, 0.3) is 0 Å². The first kappa shape index (κ1) is 20.4. The Bertz CT molecular complexity index is 1040. The molecule has 0 radical (unpaired) electrons. The maximum absolute atomic E-state index is 13.5. The second kappa shape index (κ2) is 8.47. The lowest BCUT2D eigenvalue weighted by Gasteiger charge is -2.29. The summed E-state index contributed by atoms with van der Waals surface area (Å²) in [4.78, 5) is 13.5. The van der Waals surface area contributed by atoms with Crippen molar-refractivity contribution in [3.8, 4) is 5.75 Å². The van der Waals surface area contributed by atoms with E-state index in [0.29, 0.717) is 0 Å². The molecule has 1 unspecified atom stereocenters. The molecule has 156 valence electrons. The predicted octanol–water partition coefficient (Wildman–Crippen LogP) is 6.61. The Balaban J connectivity index is 1.69. The molecule has 1 amide bonds. The highest BCUT2D eigenvalue weighted by molar-refractivity contribution is 6.07. The van der Waals surface area contributed by atoms with Gasteiger partial charge in [0, 0.05) is 16.5 Å². The van der Waals surface area contributed by atoms with Gasteiger partial charge in [-0.2, -0.15) is 0 Å². The van der Waals surface area contributed by atoms with E-state index in [1.165, 1.54) is 12.1 Å². The molecule has 1 aliphatic rings. The van der Waals surface area contributed by atoms with Gasteiger partial charge in [0.05, 0.1) is 11.5 Å². The van der Waals surface area contributed by atoms with Crippen LogP contribution >= 0.6 is 0 Å². The van der Waals surface area contributed by atoms with Crippen LogP contribution in [0.2, 0.25) is 0 Å². The third-order valence-electron chi connectivity index (χ3n) is 6.32. The largest absolute Gasteiger partial charge is 0.490 e. The molecule has 1 atom stereocenters. The van der Waals surface area contributed by atoms with Crippen molar-refractivity contribution >= 4 is 22.4 Å². The highest BCUT2D eigenvalue weighted by Gasteiger charge is 2.42. The molecule has 1 N–H and O–H groups in total. The van der Waals surface area contributed by atoms with Crippen LogP contribution in [0, 0.1) is 5.82 Å². The summed E-state index contributed by atoms with van der Waals surface area (Å²) in [7, 11) is 0. The molecule has 0 heterocycles. The lowest BCUT2D eigenvalue weighted by molar-refractivity contribution is -0.121. The van der Waals surface area contributed by atoms with E-state index in [-0.39, 0.29) is 17.8 Å². The molecule has 0 spiro atoms. The van der Waals surface area contributed by atoms with Crippen LogP contribution in [-0.2, 0) is 10.2 Å². The number of anilines is 1. The molecule has 0 aromatic heterocycles. The van der Waals surface area contributed by atoms with E-state index in [1.807, 2.05) is 36.4 Å². The summed E-state index contributed by atoms with van der Waals surface area (Å²) in [5.74, 6) is 0.523. The number of nitrogens with one attached hydrogen (secondary N) is 1. The number of benzene rings is 3. The first-order valence-electron chi connectivity index (χ1n) is 10.8. The van der Waals surface area contributed by atoms with Crippen molar-refractivity contribution < 1.29 is 13.9 Å². The molecule has 30 heavy (non-hydrogen) atoms. The monoisotopic (exact) mass is 405 g/mol. The number of halogens is 1. The zero-order chi connectivity index (χ0) is 21.1. The van der Waals surface area contributed by atoms with Crippen LogP contribution in [0.3, 0.4) is 0 Å². The summed E-state index contributed by atoms with van der Waals surface area (Å²) in [5.41, 5.74) is 1.06. The lowest BCUT2D eigenvalue weighted by atomic mass is 9.78. The van der Waals surface area contributed by atoms with E-state index in [9.17, 15) is 9.18 Å². The van der Waals surface area contributed by atoms with Crippen LogP contribution in [-0.4, -0.2) is 12.0 Å². The summed E-state index contributed by atoms with van der Waals surface area (Å²) in [6.07, 6.45) is 4.58. The van der Waals surface area contributed by atoms with Gasteiger partial charge >= 0.3 is 0 Å². The van der Waals surface area contributed by atoms with Crippen molar-refractivity contribution in [2.75, 3.05) is 5.32 Å². The summed E-state index contributed by atoms with van der Waals surface area (Å²) in [5, 5.41) is 5.13. The molecule has 4 rings (SSSR count). The Morgan fingerprint density at radius 1 is 1.03 bits per heavy atom. The fourth-order valence-electron chi connectivity index (χ4n) is 4.42. The molecular formula is C26H28FNO2. The Labute approximate surface area is 177 Å². The van der Waals surface area contributed by atoms with Crippen LogP contribution in [0.1, 0.15) is 51.5 Å². The zero-order valence-corrected chi connectivity index (χ0v) is 17.6.